The Morgan fingerprint density at radius 3 is 1.97 bits per heavy atom. The van der Waals surface area contributed by atoms with Gasteiger partial charge in [0.15, 0.2) is 11.5 Å². The number of carboxylic acid groups (broad SMARTS) is 1. The Bertz CT molecular complexity index is 836. The van der Waals surface area contributed by atoms with Crippen molar-refractivity contribution >= 4 is 23.9 Å². The first kappa shape index (κ1) is 28.1. The second-order valence-electron chi connectivity index (χ2n) is 8.31. The number of benzene rings is 1. The summed E-state index contributed by atoms with van der Waals surface area (Å²) in [7, 11) is 0. The molecule has 0 amide bonds. The topological polar surface area (TPSA) is 142 Å². The van der Waals surface area contributed by atoms with E-state index in [-0.39, 0.29) is 36.9 Å². The molecule has 0 radical (unpaired) electrons. The first-order chi connectivity index (χ1) is 15.5. The minimum Gasteiger partial charge on any atom is -0.480 e. The summed E-state index contributed by atoms with van der Waals surface area (Å²) in [5, 5.41) is 9.56. The van der Waals surface area contributed by atoms with Gasteiger partial charge in [-0.15, -0.1) is 0 Å². The lowest BCUT2D eigenvalue weighted by molar-refractivity contribution is -0.149. The van der Waals surface area contributed by atoms with Crippen LogP contribution in [0.3, 0.4) is 0 Å². The maximum Gasteiger partial charge on any atom is 0.321 e. The van der Waals surface area contributed by atoms with E-state index in [0.717, 1.165) is 0 Å². The predicted molar refractivity (Wildman–Crippen MR) is 121 cm³/mol. The van der Waals surface area contributed by atoms with Crippen LogP contribution in [0.5, 0.6) is 11.5 Å². The molecule has 1 rings (SSSR count). The molecule has 1 aromatic carbocycles. The van der Waals surface area contributed by atoms with E-state index in [9.17, 15) is 24.3 Å². The Labute approximate surface area is 194 Å². The van der Waals surface area contributed by atoms with Gasteiger partial charge < -0.3 is 25.1 Å². The van der Waals surface area contributed by atoms with Crippen LogP contribution in [0.4, 0.5) is 0 Å². The molecule has 0 aliphatic heterocycles. The molecule has 3 N–H and O–H groups in total. The van der Waals surface area contributed by atoms with E-state index in [1.807, 2.05) is 13.8 Å². The third-order valence-corrected chi connectivity index (χ3v) is 4.95. The minimum atomic E-state index is -1.31. The Kier molecular flexibility index (Phi) is 11.6. The van der Waals surface area contributed by atoms with Gasteiger partial charge >= 0.3 is 23.9 Å². The molecule has 0 saturated heterocycles. The van der Waals surface area contributed by atoms with Gasteiger partial charge in [0, 0.05) is 18.8 Å². The van der Waals surface area contributed by atoms with Crippen molar-refractivity contribution < 1.29 is 38.5 Å². The van der Waals surface area contributed by atoms with E-state index < -0.39 is 41.8 Å². The van der Waals surface area contributed by atoms with E-state index in [2.05, 4.69) is 0 Å². The number of esters is 3. The average Bonchev–Trinajstić information content (AvgIpc) is 2.73. The van der Waals surface area contributed by atoms with Crippen molar-refractivity contribution in [2.75, 3.05) is 6.61 Å². The number of aliphatic carboxylic acids is 1. The van der Waals surface area contributed by atoms with Gasteiger partial charge in [-0.1, -0.05) is 40.7 Å². The van der Waals surface area contributed by atoms with Crippen LogP contribution in [0.2, 0.25) is 0 Å². The van der Waals surface area contributed by atoms with E-state index in [4.69, 9.17) is 19.9 Å². The molecule has 0 fully saturated rings. The summed E-state index contributed by atoms with van der Waals surface area (Å²) in [6.45, 7) is 8.73. The lowest BCUT2D eigenvalue weighted by atomic mass is 9.82. The smallest absolute Gasteiger partial charge is 0.321 e. The van der Waals surface area contributed by atoms with Crippen LogP contribution >= 0.6 is 0 Å². The third-order valence-electron chi connectivity index (χ3n) is 4.95. The van der Waals surface area contributed by atoms with Crippen LogP contribution in [0.15, 0.2) is 18.2 Å². The summed E-state index contributed by atoms with van der Waals surface area (Å²) in [6.07, 6.45) is 1.50. The normalized spacial score (nSPS) is 13.7. The van der Waals surface area contributed by atoms with Gasteiger partial charge in [0.1, 0.15) is 6.04 Å². The fourth-order valence-corrected chi connectivity index (χ4v) is 3.18. The van der Waals surface area contributed by atoms with Crippen molar-refractivity contribution in [2.24, 2.45) is 17.6 Å². The molecule has 1 aromatic rings. The number of carbonyl (C=O) groups is 4. The molecule has 0 saturated carbocycles. The lowest BCUT2D eigenvalue weighted by Gasteiger charge is -2.28. The molecule has 9 nitrogen and oxygen atoms in total. The average molecular weight is 466 g/mol. The molecule has 0 aromatic heterocycles. The monoisotopic (exact) mass is 465 g/mol. The number of carboxylic acids is 1. The summed E-state index contributed by atoms with van der Waals surface area (Å²) >= 11 is 0. The largest absolute Gasteiger partial charge is 0.480 e. The van der Waals surface area contributed by atoms with E-state index in [0.29, 0.717) is 18.4 Å². The number of hydrogen-bond acceptors (Lipinski definition) is 8. The minimum absolute atomic E-state index is 0.00404. The molecule has 3 atom stereocenters. The lowest BCUT2D eigenvalue weighted by Crippen LogP contribution is -2.40. The molecule has 0 aliphatic carbocycles. The Morgan fingerprint density at radius 1 is 0.939 bits per heavy atom. The van der Waals surface area contributed by atoms with E-state index in [1.165, 1.54) is 12.1 Å². The summed E-state index contributed by atoms with van der Waals surface area (Å²) < 4.78 is 16.0. The zero-order valence-corrected chi connectivity index (χ0v) is 20.0. The highest BCUT2D eigenvalue weighted by Gasteiger charge is 2.32. The standard InChI is InChI=1S/C24H35NO8/c1-6-8-19(26)32-17-11-10-16(12-18(17)33-20(27)9-7-2)21(22(25)23(28)29)15(5)13-31-24(30)14(3)4/h10-12,14-15,21-22H,6-9,13,25H2,1-5H3,(H,28,29)/t15?,21?,22-/m0/s1. The molecular formula is C24H35NO8. The number of hydrogen-bond donors (Lipinski definition) is 2. The number of rotatable bonds is 13. The number of nitrogens with two attached hydrogens (primary N) is 1. The predicted octanol–water partition coefficient (Wildman–Crippen LogP) is 3.43. The molecular weight excluding hydrogens is 430 g/mol. The van der Waals surface area contributed by atoms with Gasteiger partial charge in [0.2, 0.25) is 0 Å². The van der Waals surface area contributed by atoms with E-state index in [1.54, 1.807) is 26.8 Å². The van der Waals surface area contributed by atoms with Gasteiger partial charge in [0.25, 0.3) is 0 Å². The molecule has 9 heteroatoms. The van der Waals surface area contributed by atoms with Crippen LogP contribution in [-0.4, -0.2) is 41.6 Å². The maximum absolute atomic E-state index is 12.1. The molecule has 0 aliphatic rings. The highest BCUT2D eigenvalue weighted by Crippen LogP contribution is 2.36. The zero-order valence-electron chi connectivity index (χ0n) is 20.0. The molecule has 184 valence electrons. The van der Waals surface area contributed by atoms with Crippen molar-refractivity contribution in [3.05, 3.63) is 23.8 Å². The Hall–Kier alpha value is -2.94. The number of carbonyl (C=O) groups excluding carboxylic acids is 3. The van der Waals surface area contributed by atoms with Crippen molar-refractivity contribution in [3.63, 3.8) is 0 Å². The second kappa shape index (κ2) is 13.6. The van der Waals surface area contributed by atoms with Gasteiger partial charge in [-0.05, 0) is 36.5 Å². The van der Waals surface area contributed by atoms with Gasteiger partial charge in [-0.25, -0.2) is 0 Å². The summed E-state index contributed by atoms with van der Waals surface area (Å²) in [5.41, 5.74) is 6.44. The molecule has 2 unspecified atom stereocenters. The van der Waals surface area contributed by atoms with Crippen LogP contribution in [0.25, 0.3) is 0 Å². The van der Waals surface area contributed by atoms with Crippen LogP contribution in [-0.2, 0) is 23.9 Å². The van der Waals surface area contributed by atoms with Crippen LogP contribution in [0.1, 0.15) is 71.8 Å². The summed E-state index contributed by atoms with van der Waals surface area (Å²) in [6, 6.07) is 3.16. The SMILES string of the molecule is CCCC(=O)Oc1ccc(C(C(C)COC(=O)C(C)C)[C@H](N)C(=O)O)cc1OC(=O)CCC. The highest BCUT2D eigenvalue weighted by atomic mass is 16.6. The molecule has 0 heterocycles. The molecule has 0 bridgehead atoms. The van der Waals surface area contributed by atoms with Crippen molar-refractivity contribution in [3.8, 4) is 11.5 Å². The molecule has 0 spiro atoms. The Morgan fingerprint density at radius 2 is 1.48 bits per heavy atom. The van der Waals surface area contributed by atoms with Gasteiger partial charge in [0.05, 0.1) is 12.5 Å². The van der Waals surface area contributed by atoms with Crippen molar-refractivity contribution in [1.29, 1.82) is 0 Å². The maximum atomic E-state index is 12.1. The summed E-state index contributed by atoms with van der Waals surface area (Å²) in [4.78, 5) is 47.7. The zero-order chi connectivity index (χ0) is 25.1. The first-order valence-corrected chi connectivity index (χ1v) is 11.2. The Balaban J connectivity index is 3.34. The fraction of sp³-hybridized carbons (Fsp3) is 0.583. The molecule has 33 heavy (non-hydrogen) atoms. The highest BCUT2D eigenvalue weighted by molar-refractivity contribution is 5.77. The summed E-state index contributed by atoms with van der Waals surface area (Å²) in [5.74, 6) is -4.14. The van der Waals surface area contributed by atoms with Gasteiger partial charge in [-0.3, -0.25) is 19.2 Å². The van der Waals surface area contributed by atoms with Crippen molar-refractivity contribution in [1.82, 2.24) is 0 Å². The second-order valence-corrected chi connectivity index (χ2v) is 8.31. The van der Waals surface area contributed by atoms with Gasteiger partial charge in [-0.2, -0.15) is 0 Å². The number of ether oxygens (including phenoxy) is 3. The first-order valence-electron chi connectivity index (χ1n) is 11.2. The van der Waals surface area contributed by atoms with Crippen molar-refractivity contribution in [2.45, 2.75) is 72.3 Å². The van der Waals surface area contributed by atoms with Crippen LogP contribution in [0, 0.1) is 11.8 Å². The quantitative estimate of drug-likeness (QED) is 0.331. The van der Waals surface area contributed by atoms with E-state index >= 15 is 0 Å². The van der Waals surface area contributed by atoms with Crippen LogP contribution < -0.4 is 15.2 Å². The third kappa shape index (κ3) is 8.84. The fourth-order valence-electron chi connectivity index (χ4n) is 3.18.